The fraction of sp³-hybridized carbons (Fsp3) is 0.333. The van der Waals surface area contributed by atoms with Gasteiger partial charge in [0.25, 0.3) is 0 Å². The Morgan fingerprint density at radius 1 is 1.16 bits per heavy atom. The molecular formula is C18H20NO4PS. The maximum absolute atomic E-state index is 13.3. The van der Waals surface area contributed by atoms with Crippen LogP contribution in [0.2, 0.25) is 0 Å². The van der Waals surface area contributed by atoms with E-state index in [2.05, 4.69) is 4.99 Å². The van der Waals surface area contributed by atoms with Crippen molar-refractivity contribution in [2.24, 2.45) is 4.99 Å². The summed E-state index contributed by atoms with van der Waals surface area (Å²) in [6.07, 6.45) is 0. The molecule has 0 saturated carbocycles. The van der Waals surface area contributed by atoms with Gasteiger partial charge in [-0.1, -0.05) is 30.3 Å². The van der Waals surface area contributed by atoms with Crippen molar-refractivity contribution in [3.63, 3.8) is 0 Å². The van der Waals surface area contributed by atoms with Crippen LogP contribution in [0, 0.1) is 0 Å². The number of hydrogen-bond acceptors (Lipinski definition) is 6. The van der Waals surface area contributed by atoms with Crippen molar-refractivity contribution in [3.05, 3.63) is 41.3 Å². The predicted octanol–water partition coefficient (Wildman–Crippen LogP) is 5.34. The van der Waals surface area contributed by atoms with E-state index >= 15 is 0 Å². The van der Waals surface area contributed by atoms with Gasteiger partial charge in [0.1, 0.15) is 5.00 Å². The minimum absolute atomic E-state index is 0.205. The third-order valence-electron chi connectivity index (χ3n) is 3.96. The molecule has 3 rings (SSSR count). The first-order valence-corrected chi connectivity index (χ1v) is 10.7. The SMILES string of the molecule is CCOP(=O)(OCC)C1C(=O)c2c(-c3ccccc3)csc2N=C1C. The van der Waals surface area contributed by atoms with Gasteiger partial charge < -0.3 is 9.05 Å². The van der Waals surface area contributed by atoms with Crippen molar-refractivity contribution in [1.29, 1.82) is 0 Å². The van der Waals surface area contributed by atoms with Crippen LogP contribution in [-0.2, 0) is 13.6 Å². The summed E-state index contributed by atoms with van der Waals surface area (Å²) < 4.78 is 24.1. The molecule has 0 radical (unpaired) electrons. The molecule has 1 unspecified atom stereocenters. The van der Waals surface area contributed by atoms with E-state index in [1.807, 2.05) is 35.7 Å². The first-order chi connectivity index (χ1) is 12.0. The van der Waals surface area contributed by atoms with Gasteiger partial charge in [-0.05, 0) is 26.3 Å². The Hall–Kier alpha value is -1.59. The maximum Gasteiger partial charge on any atom is 0.347 e. The van der Waals surface area contributed by atoms with Crippen LogP contribution in [0.15, 0.2) is 40.7 Å². The molecular weight excluding hydrogens is 357 g/mol. The van der Waals surface area contributed by atoms with Crippen molar-refractivity contribution in [3.8, 4) is 11.1 Å². The van der Waals surface area contributed by atoms with Gasteiger partial charge in [0.15, 0.2) is 11.4 Å². The van der Waals surface area contributed by atoms with Crippen LogP contribution < -0.4 is 0 Å². The molecule has 0 amide bonds. The van der Waals surface area contributed by atoms with Crippen LogP contribution in [0.4, 0.5) is 5.00 Å². The Morgan fingerprint density at radius 2 is 1.80 bits per heavy atom. The third-order valence-corrected chi connectivity index (χ3v) is 7.31. The molecule has 1 aromatic heterocycles. The van der Waals surface area contributed by atoms with E-state index in [-0.39, 0.29) is 19.0 Å². The summed E-state index contributed by atoms with van der Waals surface area (Å²) in [7, 11) is -3.63. The summed E-state index contributed by atoms with van der Waals surface area (Å²) in [5.41, 5.74) is 1.74. The van der Waals surface area contributed by atoms with E-state index in [1.165, 1.54) is 11.3 Å². The van der Waals surface area contributed by atoms with Crippen LogP contribution in [0.3, 0.4) is 0 Å². The molecule has 1 aliphatic heterocycles. The lowest BCUT2D eigenvalue weighted by atomic mass is 9.97. The Morgan fingerprint density at radius 3 is 2.40 bits per heavy atom. The lowest BCUT2D eigenvalue weighted by molar-refractivity contribution is 0.0988. The second kappa shape index (κ2) is 7.34. The monoisotopic (exact) mass is 377 g/mol. The topological polar surface area (TPSA) is 65.0 Å². The molecule has 5 nitrogen and oxygen atoms in total. The van der Waals surface area contributed by atoms with Crippen molar-refractivity contribution >= 4 is 35.4 Å². The zero-order chi connectivity index (χ0) is 18.0. The van der Waals surface area contributed by atoms with Crippen molar-refractivity contribution in [2.75, 3.05) is 13.2 Å². The smallest absolute Gasteiger partial charge is 0.308 e. The van der Waals surface area contributed by atoms with Crippen LogP contribution in [0.25, 0.3) is 11.1 Å². The molecule has 0 bridgehead atoms. The molecule has 2 heterocycles. The number of fused-ring (bicyclic) bond motifs is 1. The molecule has 2 aromatic rings. The lowest BCUT2D eigenvalue weighted by Gasteiger charge is -2.27. The number of carbonyl (C=O) groups is 1. The fourth-order valence-corrected chi connectivity index (χ4v) is 6.00. The predicted molar refractivity (Wildman–Crippen MR) is 102 cm³/mol. The minimum Gasteiger partial charge on any atom is -0.308 e. The highest BCUT2D eigenvalue weighted by Crippen LogP contribution is 2.57. The zero-order valence-corrected chi connectivity index (χ0v) is 16.1. The molecule has 25 heavy (non-hydrogen) atoms. The van der Waals surface area contributed by atoms with E-state index in [1.54, 1.807) is 20.8 Å². The molecule has 0 N–H and O–H groups in total. The van der Waals surface area contributed by atoms with Crippen molar-refractivity contribution in [2.45, 2.75) is 26.4 Å². The number of thiophene rings is 1. The number of Topliss-reactive ketones (excluding diaryl/α,β-unsaturated/α-hetero) is 1. The number of rotatable bonds is 6. The molecule has 0 fully saturated rings. The number of ketones is 1. The Labute approximate surface area is 151 Å². The molecule has 1 atom stereocenters. The minimum atomic E-state index is -3.63. The van der Waals surface area contributed by atoms with E-state index < -0.39 is 13.3 Å². The highest BCUT2D eigenvalue weighted by molar-refractivity contribution is 7.57. The van der Waals surface area contributed by atoms with Gasteiger partial charge in [0.05, 0.1) is 18.8 Å². The van der Waals surface area contributed by atoms with Gasteiger partial charge in [-0.25, -0.2) is 4.99 Å². The van der Waals surface area contributed by atoms with Gasteiger partial charge in [-0.2, -0.15) is 0 Å². The normalized spacial score (nSPS) is 17.3. The molecule has 1 aromatic carbocycles. The van der Waals surface area contributed by atoms with Crippen LogP contribution in [0.5, 0.6) is 0 Å². The summed E-state index contributed by atoms with van der Waals surface area (Å²) in [6, 6.07) is 9.66. The summed E-state index contributed by atoms with van der Waals surface area (Å²) in [5.74, 6) is -0.243. The first-order valence-electron chi connectivity index (χ1n) is 8.17. The van der Waals surface area contributed by atoms with Crippen LogP contribution in [-0.4, -0.2) is 30.4 Å². The number of carbonyl (C=O) groups excluding carboxylic acids is 1. The quantitative estimate of drug-likeness (QED) is 0.638. The number of benzene rings is 1. The van der Waals surface area contributed by atoms with Crippen molar-refractivity contribution in [1.82, 2.24) is 0 Å². The zero-order valence-electron chi connectivity index (χ0n) is 14.4. The molecule has 0 spiro atoms. The third kappa shape index (κ3) is 3.27. The summed E-state index contributed by atoms with van der Waals surface area (Å²) >= 11 is 1.41. The fourth-order valence-electron chi connectivity index (χ4n) is 2.96. The Kier molecular flexibility index (Phi) is 5.35. The number of hydrogen-bond donors (Lipinski definition) is 0. The molecule has 132 valence electrons. The Bertz CT molecular complexity index is 849. The number of nitrogens with zero attached hydrogens (tertiary/aromatic N) is 1. The largest absolute Gasteiger partial charge is 0.347 e. The van der Waals surface area contributed by atoms with E-state index in [0.717, 1.165) is 11.1 Å². The van der Waals surface area contributed by atoms with E-state index in [4.69, 9.17) is 9.05 Å². The second-order valence-electron chi connectivity index (χ2n) is 5.59. The summed E-state index contributed by atoms with van der Waals surface area (Å²) in [5, 5.41) is 2.57. The summed E-state index contributed by atoms with van der Waals surface area (Å²) in [6.45, 7) is 5.58. The molecule has 0 saturated heterocycles. The van der Waals surface area contributed by atoms with Crippen LogP contribution in [0.1, 0.15) is 31.1 Å². The van der Waals surface area contributed by atoms with Crippen molar-refractivity contribution < 1.29 is 18.4 Å². The molecule has 0 aliphatic carbocycles. The van der Waals surface area contributed by atoms with Gasteiger partial charge in [0.2, 0.25) is 0 Å². The average molecular weight is 377 g/mol. The molecule has 1 aliphatic rings. The van der Waals surface area contributed by atoms with Crippen LogP contribution >= 0.6 is 18.9 Å². The molecule has 7 heteroatoms. The van der Waals surface area contributed by atoms with E-state index in [9.17, 15) is 9.36 Å². The van der Waals surface area contributed by atoms with E-state index in [0.29, 0.717) is 16.3 Å². The van der Waals surface area contributed by atoms with Gasteiger partial charge in [0, 0.05) is 16.7 Å². The maximum atomic E-state index is 13.3. The second-order valence-corrected chi connectivity index (χ2v) is 8.56. The first kappa shape index (κ1) is 18.2. The standard InChI is InChI=1S/C18H20NO4PS/c1-4-22-24(21,23-5-2)17-12(3)19-18-15(16(17)20)14(11-25-18)13-9-7-6-8-10-13/h6-11,17H,4-5H2,1-3H3. The van der Waals surface area contributed by atoms with Gasteiger partial charge >= 0.3 is 7.60 Å². The summed E-state index contributed by atoms with van der Waals surface area (Å²) in [4.78, 5) is 17.8. The lowest BCUT2D eigenvalue weighted by Crippen LogP contribution is -2.32. The number of aliphatic imine (C=N–C) groups is 1. The highest BCUT2D eigenvalue weighted by Gasteiger charge is 2.47. The Balaban J connectivity index is 2.11. The highest BCUT2D eigenvalue weighted by atomic mass is 32.1. The van der Waals surface area contributed by atoms with Gasteiger partial charge in [-0.15, -0.1) is 11.3 Å². The van der Waals surface area contributed by atoms with Gasteiger partial charge in [-0.3, -0.25) is 9.36 Å². The average Bonchev–Trinajstić information content (AvgIpc) is 3.00.